The van der Waals surface area contributed by atoms with E-state index in [1.807, 2.05) is 31.2 Å². The molecule has 5 heteroatoms. The molecule has 112 valence electrons. The average molecular weight is 344 g/mol. The Balaban J connectivity index is 2.65. The number of carbonyl (C=O) groups is 1. The van der Waals surface area contributed by atoms with Gasteiger partial charge in [-0.25, -0.2) is 4.79 Å². The lowest BCUT2D eigenvalue weighted by molar-refractivity contribution is 0.139. The molecule has 1 aromatic carbocycles. The van der Waals surface area contributed by atoms with E-state index in [1.54, 1.807) is 0 Å². The van der Waals surface area contributed by atoms with E-state index in [0.29, 0.717) is 19.4 Å². The Bertz CT molecular complexity index is 412. The van der Waals surface area contributed by atoms with Gasteiger partial charge in [0, 0.05) is 11.1 Å². The summed E-state index contributed by atoms with van der Waals surface area (Å²) in [6.07, 6.45) is 2.75. The van der Waals surface area contributed by atoms with Gasteiger partial charge in [-0.1, -0.05) is 47.5 Å². The van der Waals surface area contributed by atoms with Gasteiger partial charge in [0.25, 0.3) is 0 Å². The average Bonchev–Trinajstić information content (AvgIpc) is 2.44. The third kappa shape index (κ3) is 5.92. The molecular weight excluding hydrogens is 322 g/mol. The second-order valence-corrected chi connectivity index (χ2v) is 5.43. The third-order valence-corrected chi connectivity index (χ3v) is 3.68. The highest BCUT2D eigenvalue weighted by Gasteiger charge is 2.17. The van der Waals surface area contributed by atoms with Gasteiger partial charge < -0.3 is 15.2 Å². The minimum atomic E-state index is -0.405. The van der Waals surface area contributed by atoms with Crippen molar-refractivity contribution < 1.29 is 14.6 Å². The lowest BCUT2D eigenvalue weighted by Gasteiger charge is -2.20. The van der Waals surface area contributed by atoms with E-state index in [2.05, 4.69) is 21.2 Å². The topological polar surface area (TPSA) is 58.6 Å². The van der Waals surface area contributed by atoms with Gasteiger partial charge in [0.1, 0.15) is 0 Å². The predicted molar refractivity (Wildman–Crippen MR) is 82.6 cm³/mol. The molecule has 2 N–H and O–H groups in total. The van der Waals surface area contributed by atoms with Crippen LogP contribution in [0.3, 0.4) is 0 Å². The number of aliphatic hydroxyl groups excluding tert-OH is 1. The summed E-state index contributed by atoms with van der Waals surface area (Å²) in [7, 11) is 0. The summed E-state index contributed by atoms with van der Waals surface area (Å²) in [6.45, 7) is 2.59. The zero-order valence-corrected chi connectivity index (χ0v) is 13.4. The first-order valence-electron chi connectivity index (χ1n) is 6.97. The number of amides is 1. The molecule has 0 aliphatic rings. The zero-order valence-electron chi connectivity index (χ0n) is 11.8. The van der Waals surface area contributed by atoms with E-state index in [9.17, 15) is 4.79 Å². The number of hydrogen-bond donors (Lipinski definition) is 2. The van der Waals surface area contributed by atoms with E-state index in [-0.39, 0.29) is 12.6 Å². The van der Waals surface area contributed by atoms with Gasteiger partial charge in [-0.3, -0.25) is 0 Å². The summed E-state index contributed by atoms with van der Waals surface area (Å²) in [5.74, 6) is 0. The van der Waals surface area contributed by atoms with E-state index < -0.39 is 6.09 Å². The van der Waals surface area contributed by atoms with Crippen LogP contribution in [-0.4, -0.2) is 24.4 Å². The van der Waals surface area contributed by atoms with E-state index in [1.165, 1.54) is 0 Å². The van der Waals surface area contributed by atoms with Crippen LogP contribution >= 0.6 is 15.9 Å². The van der Waals surface area contributed by atoms with Crippen LogP contribution in [0.15, 0.2) is 28.7 Å². The van der Waals surface area contributed by atoms with Crippen molar-refractivity contribution in [1.82, 2.24) is 5.32 Å². The van der Waals surface area contributed by atoms with Crippen LogP contribution in [0, 0.1) is 0 Å². The number of rotatable bonds is 8. The largest absolute Gasteiger partial charge is 0.450 e. The summed E-state index contributed by atoms with van der Waals surface area (Å²) >= 11 is 3.49. The number of ether oxygens (including phenoxy) is 1. The number of benzene rings is 1. The molecule has 1 aromatic rings. The summed E-state index contributed by atoms with van der Waals surface area (Å²) < 4.78 is 6.07. The Hall–Kier alpha value is -1.07. The van der Waals surface area contributed by atoms with Crippen LogP contribution < -0.4 is 5.32 Å². The standard InChI is InChI=1S/C15H22BrNO3/c1-2-3-11-20-15(19)17-14(9-6-10-18)12-7-4-5-8-13(12)16/h4-5,7-8,14,18H,2-3,6,9-11H2,1H3,(H,17,19). The Labute approximate surface area is 128 Å². The number of hydrogen-bond acceptors (Lipinski definition) is 3. The number of nitrogens with one attached hydrogen (secondary N) is 1. The molecule has 20 heavy (non-hydrogen) atoms. The molecule has 1 amide bonds. The van der Waals surface area contributed by atoms with Crippen molar-refractivity contribution in [1.29, 1.82) is 0 Å². The van der Waals surface area contributed by atoms with Gasteiger partial charge in [0.05, 0.1) is 12.6 Å². The minimum Gasteiger partial charge on any atom is -0.450 e. The van der Waals surface area contributed by atoms with Crippen LogP contribution in [0.5, 0.6) is 0 Å². The third-order valence-electron chi connectivity index (χ3n) is 2.95. The predicted octanol–water partition coefficient (Wildman–Crippen LogP) is 3.79. The molecular formula is C15H22BrNO3. The fourth-order valence-electron chi connectivity index (χ4n) is 1.85. The summed E-state index contributed by atoms with van der Waals surface area (Å²) in [5, 5.41) is 11.8. The normalized spacial score (nSPS) is 11.9. The molecule has 0 saturated carbocycles. The summed E-state index contributed by atoms with van der Waals surface area (Å²) in [5.41, 5.74) is 0.994. The van der Waals surface area contributed by atoms with Crippen LogP contribution in [0.1, 0.15) is 44.2 Å². The first-order valence-corrected chi connectivity index (χ1v) is 7.77. The van der Waals surface area contributed by atoms with Gasteiger partial charge in [0.2, 0.25) is 0 Å². The number of alkyl carbamates (subject to hydrolysis) is 1. The molecule has 0 spiro atoms. The fraction of sp³-hybridized carbons (Fsp3) is 0.533. The van der Waals surface area contributed by atoms with E-state index in [0.717, 1.165) is 22.9 Å². The van der Waals surface area contributed by atoms with Crippen LogP contribution in [0.2, 0.25) is 0 Å². The first kappa shape index (κ1) is 17.0. The molecule has 1 atom stereocenters. The number of unbranched alkanes of at least 4 members (excludes halogenated alkanes) is 1. The minimum absolute atomic E-state index is 0.105. The molecule has 0 aliphatic heterocycles. The Morgan fingerprint density at radius 2 is 2.15 bits per heavy atom. The van der Waals surface area contributed by atoms with Gasteiger partial charge >= 0.3 is 6.09 Å². The molecule has 1 unspecified atom stereocenters. The molecule has 0 saturated heterocycles. The van der Waals surface area contributed by atoms with Crippen molar-refractivity contribution in [3.8, 4) is 0 Å². The van der Waals surface area contributed by atoms with E-state index >= 15 is 0 Å². The molecule has 4 nitrogen and oxygen atoms in total. The molecule has 1 rings (SSSR count). The second kappa shape index (κ2) is 9.77. The van der Waals surface area contributed by atoms with Crippen molar-refractivity contribution in [2.75, 3.05) is 13.2 Å². The second-order valence-electron chi connectivity index (χ2n) is 4.57. The van der Waals surface area contributed by atoms with Crippen LogP contribution in [0.4, 0.5) is 4.79 Å². The van der Waals surface area contributed by atoms with Crippen molar-refractivity contribution in [3.63, 3.8) is 0 Å². The lowest BCUT2D eigenvalue weighted by Crippen LogP contribution is -2.29. The summed E-state index contributed by atoms with van der Waals surface area (Å²) in [6, 6.07) is 7.59. The van der Waals surface area contributed by atoms with Crippen LogP contribution in [0.25, 0.3) is 0 Å². The number of carbonyl (C=O) groups excluding carboxylic acids is 1. The number of halogens is 1. The van der Waals surface area contributed by atoms with Gasteiger partial charge in [-0.15, -0.1) is 0 Å². The van der Waals surface area contributed by atoms with Crippen molar-refractivity contribution in [2.45, 2.75) is 38.6 Å². The number of aliphatic hydroxyl groups is 1. The lowest BCUT2D eigenvalue weighted by atomic mass is 10.0. The fourth-order valence-corrected chi connectivity index (χ4v) is 2.41. The molecule has 0 aromatic heterocycles. The Morgan fingerprint density at radius 3 is 2.80 bits per heavy atom. The smallest absolute Gasteiger partial charge is 0.407 e. The first-order chi connectivity index (χ1) is 9.69. The highest BCUT2D eigenvalue weighted by Crippen LogP contribution is 2.26. The quantitative estimate of drug-likeness (QED) is 0.706. The van der Waals surface area contributed by atoms with Gasteiger partial charge in [0.15, 0.2) is 0 Å². The van der Waals surface area contributed by atoms with Crippen molar-refractivity contribution in [3.05, 3.63) is 34.3 Å². The van der Waals surface area contributed by atoms with Gasteiger partial charge in [-0.05, 0) is 30.9 Å². The molecule has 0 radical (unpaired) electrons. The van der Waals surface area contributed by atoms with Crippen molar-refractivity contribution in [2.24, 2.45) is 0 Å². The monoisotopic (exact) mass is 343 g/mol. The Kier molecular flexibility index (Phi) is 8.30. The van der Waals surface area contributed by atoms with E-state index in [4.69, 9.17) is 9.84 Å². The Morgan fingerprint density at radius 1 is 1.40 bits per heavy atom. The van der Waals surface area contributed by atoms with Gasteiger partial charge in [-0.2, -0.15) is 0 Å². The molecule has 0 fully saturated rings. The maximum atomic E-state index is 11.8. The molecule has 0 heterocycles. The molecule has 0 aliphatic carbocycles. The maximum Gasteiger partial charge on any atom is 0.407 e. The van der Waals surface area contributed by atoms with Crippen molar-refractivity contribution >= 4 is 22.0 Å². The SMILES string of the molecule is CCCCOC(=O)NC(CCCO)c1ccccc1Br. The maximum absolute atomic E-state index is 11.8. The zero-order chi connectivity index (χ0) is 14.8. The highest BCUT2D eigenvalue weighted by atomic mass is 79.9. The molecule has 0 bridgehead atoms. The van der Waals surface area contributed by atoms with Crippen LogP contribution in [-0.2, 0) is 4.74 Å². The highest BCUT2D eigenvalue weighted by molar-refractivity contribution is 9.10. The summed E-state index contributed by atoms with van der Waals surface area (Å²) in [4.78, 5) is 11.8.